The minimum atomic E-state index is -0.194. The van der Waals surface area contributed by atoms with E-state index in [1.54, 1.807) is 6.07 Å². The van der Waals surface area contributed by atoms with Crippen molar-refractivity contribution in [2.24, 2.45) is 0 Å². The first-order valence-corrected chi connectivity index (χ1v) is 8.33. The number of nitrogens with zero attached hydrogens (tertiary/aromatic N) is 1. The van der Waals surface area contributed by atoms with Crippen LogP contribution in [0.1, 0.15) is 44.7 Å². The second-order valence-electron chi connectivity index (χ2n) is 5.64. The summed E-state index contributed by atoms with van der Waals surface area (Å²) in [6, 6.07) is 6.27. The van der Waals surface area contributed by atoms with Crippen LogP contribution in [0.15, 0.2) is 22.7 Å². The van der Waals surface area contributed by atoms with E-state index >= 15 is 0 Å². The lowest BCUT2D eigenvalue weighted by molar-refractivity contribution is 0.192. The molecule has 20 heavy (non-hydrogen) atoms. The normalized spacial score (nSPS) is 20.6. The average Bonchev–Trinajstić information content (AvgIpc) is 2.93. The zero-order valence-corrected chi connectivity index (χ0v) is 13.9. The molecular formula is C16H24BrFN2. The highest BCUT2D eigenvalue weighted by molar-refractivity contribution is 9.10. The van der Waals surface area contributed by atoms with Gasteiger partial charge in [0.1, 0.15) is 5.82 Å². The summed E-state index contributed by atoms with van der Waals surface area (Å²) in [5, 5.41) is 3.56. The van der Waals surface area contributed by atoms with Crippen LogP contribution in [-0.2, 0) is 0 Å². The van der Waals surface area contributed by atoms with E-state index in [-0.39, 0.29) is 5.82 Å². The highest BCUT2D eigenvalue weighted by Gasteiger charge is 2.22. The molecule has 1 aliphatic rings. The number of rotatable bonds is 6. The SMILES string of the molecule is CCCN(CC1CCCN1)C(C)c1ccc(F)c(Br)c1. The molecule has 112 valence electrons. The molecule has 1 aliphatic heterocycles. The third-order valence-corrected chi connectivity index (χ3v) is 4.71. The predicted molar refractivity (Wildman–Crippen MR) is 85.4 cm³/mol. The van der Waals surface area contributed by atoms with Gasteiger partial charge in [0.25, 0.3) is 0 Å². The van der Waals surface area contributed by atoms with E-state index in [2.05, 4.69) is 40.0 Å². The first-order chi connectivity index (χ1) is 9.61. The van der Waals surface area contributed by atoms with Gasteiger partial charge in [-0.2, -0.15) is 0 Å². The van der Waals surface area contributed by atoms with Crippen LogP contribution in [0.4, 0.5) is 4.39 Å². The Morgan fingerprint density at radius 2 is 2.30 bits per heavy atom. The Morgan fingerprint density at radius 1 is 1.50 bits per heavy atom. The van der Waals surface area contributed by atoms with Crippen molar-refractivity contribution in [2.75, 3.05) is 19.6 Å². The van der Waals surface area contributed by atoms with Gasteiger partial charge in [-0.1, -0.05) is 13.0 Å². The lowest BCUT2D eigenvalue weighted by Crippen LogP contribution is -2.39. The van der Waals surface area contributed by atoms with Crippen LogP contribution in [0, 0.1) is 5.82 Å². The zero-order valence-electron chi connectivity index (χ0n) is 12.3. The maximum absolute atomic E-state index is 13.4. The van der Waals surface area contributed by atoms with Crippen LogP contribution in [0.5, 0.6) is 0 Å². The van der Waals surface area contributed by atoms with E-state index in [0.29, 0.717) is 16.6 Å². The Bertz CT molecular complexity index is 432. The smallest absolute Gasteiger partial charge is 0.137 e. The minimum Gasteiger partial charge on any atom is -0.313 e. The maximum Gasteiger partial charge on any atom is 0.137 e. The molecule has 0 radical (unpaired) electrons. The molecular weight excluding hydrogens is 319 g/mol. The van der Waals surface area contributed by atoms with Gasteiger partial charge < -0.3 is 5.32 Å². The minimum absolute atomic E-state index is 0.194. The fourth-order valence-electron chi connectivity index (χ4n) is 2.91. The van der Waals surface area contributed by atoms with Crippen molar-refractivity contribution in [1.29, 1.82) is 0 Å². The number of hydrogen-bond donors (Lipinski definition) is 1. The Balaban J connectivity index is 2.07. The summed E-state index contributed by atoms with van der Waals surface area (Å²) in [6.07, 6.45) is 3.68. The molecule has 0 aliphatic carbocycles. The zero-order chi connectivity index (χ0) is 14.5. The quantitative estimate of drug-likeness (QED) is 0.836. The molecule has 1 fully saturated rings. The van der Waals surface area contributed by atoms with Crippen molar-refractivity contribution in [2.45, 2.75) is 45.2 Å². The van der Waals surface area contributed by atoms with Crippen LogP contribution in [-0.4, -0.2) is 30.6 Å². The Kier molecular flexibility index (Phi) is 6.00. The van der Waals surface area contributed by atoms with Crippen LogP contribution >= 0.6 is 15.9 Å². The molecule has 2 atom stereocenters. The van der Waals surface area contributed by atoms with Crippen LogP contribution in [0.2, 0.25) is 0 Å². The fraction of sp³-hybridized carbons (Fsp3) is 0.625. The molecule has 1 aromatic carbocycles. The molecule has 0 amide bonds. The van der Waals surface area contributed by atoms with Gasteiger partial charge in [-0.05, 0) is 72.9 Å². The van der Waals surface area contributed by atoms with Crippen molar-refractivity contribution in [3.05, 3.63) is 34.1 Å². The Labute approximate surface area is 129 Å². The first-order valence-electron chi connectivity index (χ1n) is 7.54. The fourth-order valence-corrected chi connectivity index (χ4v) is 3.31. The average molecular weight is 343 g/mol. The second-order valence-corrected chi connectivity index (χ2v) is 6.49. The summed E-state index contributed by atoms with van der Waals surface area (Å²) in [7, 11) is 0. The van der Waals surface area contributed by atoms with E-state index in [1.807, 2.05) is 12.1 Å². The van der Waals surface area contributed by atoms with Crippen LogP contribution < -0.4 is 5.32 Å². The van der Waals surface area contributed by atoms with Crippen molar-refractivity contribution < 1.29 is 4.39 Å². The van der Waals surface area contributed by atoms with Gasteiger partial charge >= 0.3 is 0 Å². The van der Waals surface area contributed by atoms with Gasteiger partial charge in [-0.25, -0.2) is 4.39 Å². The molecule has 0 aromatic heterocycles. The van der Waals surface area contributed by atoms with Gasteiger partial charge in [-0.3, -0.25) is 4.90 Å². The number of nitrogens with one attached hydrogen (secondary N) is 1. The molecule has 1 aromatic rings. The summed E-state index contributed by atoms with van der Waals surface area (Å²) < 4.78 is 13.9. The molecule has 0 spiro atoms. The van der Waals surface area contributed by atoms with Crippen molar-refractivity contribution >= 4 is 15.9 Å². The topological polar surface area (TPSA) is 15.3 Å². The molecule has 2 unspecified atom stereocenters. The van der Waals surface area contributed by atoms with E-state index in [0.717, 1.165) is 26.1 Å². The summed E-state index contributed by atoms with van der Waals surface area (Å²) in [6.45, 7) is 7.71. The van der Waals surface area contributed by atoms with Crippen LogP contribution in [0.25, 0.3) is 0 Å². The Morgan fingerprint density at radius 3 is 2.90 bits per heavy atom. The molecule has 2 rings (SSSR count). The molecule has 0 saturated carbocycles. The molecule has 4 heteroatoms. The number of hydrogen-bond acceptors (Lipinski definition) is 2. The maximum atomic E-state index is 13.4. The van der Waals surface area contributed by atoms with E-state index in [9.17, 15) is 4.39 Å². The molecule has 1 heterocycles. The lowest BCUT2D eigenvalue weighted by Gasteiger charge is -2.31. The second kappa shape index (κ2) is 7.53. The van der Waals surface area contributed by atoms with E-state index in [4.69, 9.17) is 0 Å². The van der Waals surface area contributed by atoms with Crippen LogP contribution in [0.3, 0.4) is 0 Å². The highest BCUT2D eigenvalue weighted by Crippen LogP contribution is 2.26. The van der Waals surface area contributed by atoms with Crippen molar-refractivity contribution in [3.63, 3.8) is 0 Å². The summed E-state index contributed by atoms with van der Waals surface area (Å²) >= 11 is 3.28. The van der Waals surface area contributed by atoms with Gasteiger partial charge in [0.05, 0.1) is 4.47 Å². The third-order valence-electron chi connectivity index (χ3n) is 4.10. The predicted octanol–water partition coefficient (Wildman–Crippen LogP) is 4.11. The van der Waals surface area contributed by atoms with Gasteiger partial charge in [0, 0.05) is 18.6 Å². The van der Waals surface area contributed by atoms with Crippen molar-refractivity contribution in [3.8, 4) is 0 Å². The van der Waals surface area contributed by atoms with E-state index < -0.39 is 0 Å². The highest BCUT2D eigenvalue weighted by atomic mass is 79.9. The van der Waals surface area contributed by atoms with Crippen molar-refractivity contribution in [1.82, 2.24) is 10.2 Å². The standard InChI is InChI=1S/C16H24BrFN2/c1-3-9-20(11-14-5-4-8-19-14)12(2)13-6-7-16(18)15(17)10-13/h6-7,10,12,14,19H,3-5,8-9,11H2,1-2H3. The summed E-state index contributed by atoms with van der Waals surface area (Å²) in [5.41, 5.74) is 1.17. The third kappa shape index (κ3) is 4.03. The summed E-state index contributed by atoms with van der Waals surface area (Å²) in [5.74, 6) is -0.194. The molecule has 0 bridgehead atoms. The molecule has 1 N–H and O–H groups in total. The van der Waals surface area contributed by atoms with Gasteiger partial charge in [-0.15, -0.1) is 0 Å². The monoisotopic (exact) mass is 342 g/mol. The number of benzene rings is 1. The number of halogens is 2. The largest absolute Gasteiger partial charge is 0.313 e. The molecule has 2 nitrogen and oxygen atoms in total. The first kappa shape index (κ1) is 15.9. The van der Waals surface area contributed by atoms with Gasteiger partial charge in [0.15, 0.2) is 0 Å². The Hall–Kier alpha value is -0.450. The summed E-state index contributed by atoms with van der Waals surface area (Å²) in [4.78, 5) is 2.50. The molecule has 1 saturated heterocycles. The van der Waals surface area contributed by atoms with E-state index in [1.165, 1.54) is 18.4 Å². The van der Waals surface area contributed by atoms with Gasteiger partial charge in [0.2, 0.25) is 0 Å². The lowest BCUT2D eigenvalue weighted by atomic mass is 10.1.